The van der Waals surface area contributed by atoms with E-state index in [2.05, 4.69) is 0 Å². The predicted octanol–water partition coefficient (Wildman–Crippen LogP) is 1.70. The average molecular weight is 251 g/mol. The van der Waals surface area contributed by atoms with E-state index in [1.54, 1.807) is 26.0 Å². The molecule has 0 saturated heterocycles. The van der Waals surface area contributed by atoms with Gasteiger partial charge in [-0.1, -0.05) is 0 Å². The minimum absolute atomic E-state index is 0.104. The largest absolute Gasteiger partial charge is 0.508 e. The van der Waals surface area contributed by atoms with E-state index in [9.17, 15) is 14.7 Å². The number of anilines is 1. The van der Waals surface area contributed by atoms with E-state index in [1.807, 2.05) is 0 Å². The molecule has 1 aromatic rings. The molecule has 0 fully saturated rings. The Bertz CT molecular complexity index is 425. The summed E-state index contributed by atoms with van der Waals surface area (Å²) in [6.45, 7) is 4.72. The molecular formula is C13H17NO4. The third-order valence-electron chi connectivity index (χ3n) is 2.20. The smallest absolute Gasteiger partial charge is 0.326 e. The molecule has 0 unspecified atom stereocenters. The number of hydrogen-bond acceptors (Lipinski definition) is 4. The number of amides is 1. The third kappa shape index (κ3) is 4.08. The van der Waals surface area contributed by atoms with Gasteiger partial charge >= 0.3 is 5.97 Å². The number of hydrogen-bond donors (Lipinski definition) is 1. The van der Waals surface area contributed by atoms with Gasteiger partial charge in [-0.25, -0.2) is 0 Å². The van der Waals surface area contributed by atoms with E-state index in [1.165, 1.54) is 24.0 Å². The lowest BCUT2D eigenvalue weighted by Crippen LogP contribution is -2.35. The minimum atomic E-state index is -0.465. The van der Waals surface area contributed by atoms with Crippen molar-refractivity contribution in [1.82, 2.24) is 0 Å². The van der Waals surface area contributed by atoms with Gasteiger partial charge in [0, 0.05) is 12.6 Å². The summed E-state index contributed by atoms with van der Waals surface area (Å²) in [4.78, 5) is 24.3. The molecule has 0 aliphatic heterocycles. The summed E-state index contributed by atoms with van der Waals surface area (Å²) in [6, 6.07) is 6.05. The summed E-state index contributed by atoms with van der Waals surface area (Å²) in [7, 11) is 0. The van der Waals surface area contributed by atoms with Gasteiger partial charge in [0.25, 0.3) is 0 Å². The van der Waals surface area contributed by atoms with Gasteiger partial charge in [0.2, 0.25) is 5.91 Å². The minimum Gasteiger partial charge on any atom is -0.508 e. The lowest BCUT2D eigenvalue weighted by Gasteiger charge is -2.20. The first kappa shape index (κ1) is 14.0. The zero-order valence-electron chi connectivity index (χ0n) is 10.7. The van der Waals surface area contributed by atoms with Gasteiger partial charge in [-0.2, -0.15) is 0 Å². The van der Waals surface area contributed by atoms with Gasteiger partial charge in [-0.15, -0.1) is 0 Å². The Hall–Kier alpha value is -2.04. The molecular weight excluding hydrogens is 234 g/mol. The van der Waals surface area contributed by atoms with Gasteiger partial charge in [0.05, 0.1) is 6.10 Å². The van der Waals surface area contributed by atoms with E-state index in [0.717, 1.165) is 0 Å². The van der Waals surface area contributed by atoms with Crippen molar-refractivity contribution < 1.29 is 19.4 Å². The Kier molecular flexibility index (Phi) is 4.71. The van der Waals surface area contributed by atoms with Crippen molar-refractivity contribution in [3.05, 3.63) is 24.3 Å². The molecule has 1 rings (SSSR count). The van der Waals surface area contributed by atoms with E-state index in [4.69, 9.17) is 4.74 Å². The molecule has 1 N–H and O–H groups in total. The Balaban J connectivity index is 2.80. The number of rotatable bonds is 4. The molecule has 0 aliphatic rings. The van der Waals surface area contributed by atoms with Crippen LogP contribution < -0.4 is 4.90 Å². The van der Waals surface area contributed by atoms with Crippen molar-refractivity contribution in [2.24, 2.45) is 0 Å². The topological polar surface area (TPSA) is 66.8 Å². The highest BCUT2D eigenvalue weighted by Gasteiger charge is 2.17. The second-order valence-corrected chi connectivity index (χ2v) is 4.16. The molecule has 98 valence electrons. The number of aromatic hydroxyl groups is 1. The fourth-order valence-corrected chi connectivity index (χ4v) is 1.45. The number of phenols is 1. The quantitative estimate of drug-likeness (QED) is 0.827. The molecule has 0 aliphatic carbocycles. The van der Waals surface area contributed by atoms with Crippen LogP contribution in [0.1, 0.15) is 20.8 Å². The van der Waals surface area contributed by atoms with Crippen LogP contribution in [0.25, 0.3) is 0 Å². The first-order valence-electron chi connectivity index (χ1n) is 5.66. The lowest BCUT2D eigenvalue weighted by molar-refractivity contribution is -0.146. The van der Waals surface area contributed by atoms with Crippen LogP contribution in [0.2, 0.25) is 0 Å². The molecule has 5 nitrogen and oxygen atoms in total. The second kappa shape index (κ2) is 6.05. The van der Waals surface area contributed by atoms with E-state index in [-0.39, 0.29) is 24.3 Å². The maximum Gasteiger partial charge on any atom is 0.326 e. The molecule has 1 amide bonds. The Morgan fingerprint density at radius 2 is 1.83 bits per heavy atom. The van der Waals surface area contributed by atoms with Gasteiger partial charge in [0.15, 0.2) is 0 Å². The second-order valence-electron chi connectivity index (χ2n) is 4.16. The monoisotopic (exact) mass is 251 g/mol. The maximum atomic E-state index is 11.5. The third-order valence-corrected chi connectivity index (χ3v) is 2.20. The summed E-state index contributed by atoms with van der Waals surface area (Å²) in [5, 5.41) is 9.18. The van der Waals surface area contributed by atoms with Gasteiger partial charge < -0.3 is 14.7 Å². The number of carbonyl (C=O) groups excluding carboxylic acids is 2. The van der Waals surface area contributed by atoms with Crippen LogP contribution in [0, 0.1) is 0 Å². The van der Waals surface area contributed by atoms with Crippen molar-refractivity contribution in [2.45, 2.75) is 26.9 Å². The zero-order chi connectivity index (χ0) is 13.7. The van der Waals surface area contributed by atoms with Crippen LogP contribution in [0.5, 0.6) is 5.75 Å². The number of nitrogens with zero attached hydrogens (tertiary/aromatic N) is 1. The van der Waals surface area contributed by atoms with Crippen LogP contribution in [0.4, 0.5) is 5.69 Å². The average Bonchev–Trinajstić information content (AvgIpc) is 2.26. The van der Waals surface area contributed by atoms with Crippen molar-refractivity contribution in [1.29, 1.82) is 0 Å². The highest BCUT2D eigenvalue weighted by Crippen LogP contribution is 2.18. The highest BCUT2D eigenvalue weighted by atomic mass is 16.5. The van der Waals surface area contributed by atoms with Crippen LogP contribution >= 0.6 is 0 Å². The summed E-state index contributed by atoms with van der Waals surface area (Å²) in [5.41, 5.74) is 0.543. The number of phenolic OH excluding ortho intramolecular Hbond substituents is 1. The fraction of sp³-hybridized carbons (Fsp3) is 0.385. The zero-order valence-corrected chi connectivity index (χ0v) is 10.7. The van der Waals surface area contributed by atoms with Crippen LogP contribution in [-0.4, -0.2) is 29.6 Å². The number of benzene rings is 1. The van der Waals surface area contributed by atoms with Crippen molar-refractivity contribution in [3.63, 3.8) is 0 Å². The molecule has 18 heavy (non-hydrogen) atoms. The van der Waals surface area contributed by atoms with Gasteiger partial charge in [-0.3, -0.25) is 9.59 Å². The molecule has 5 heteroatoms. The molecule has 1 aromatic carbocycles. The van der Waals surface area contributed by atoms with E-state index in [0.29, 0.717) is 5.69 Å². The summed E-state index contributed by atoms with van der Waals surface area (Å²) in [6.07, 6.45) is -0.217. The maximum absolute atomic E-state index is 11.5. The van der Waals surface area contributed by atoms with Crippen molar-refractivity contribution in [3.8, 4) is 5.75 Å². The molecule has 0 atom stereocenters. The Morgan fingerprint density at radius 3 is 2.28 bits per heavy atom. The summed E-state index contributed by atoms with van der Waals surface area (Å²) in [5.74, 6) is -0.623. The predicted molar refractivity (Wildman–Crippen MR) is 67.4 cm³/mol. The van der Waals surface area contributed by atoms with Crippen LogP contribution in [-0.2, 0) is 14.3 Å². The molecule has 0 heterocycles. The number of esters is 1. The molecule has 0 spiro atoms. The number of ether oxygens (including phenoxy) is 1. The summed E-state index contributed by atoms with van der Waals surface area (Å²) < 4.78 is 4.99. The first-order valence-corrected chi connectivity index (χ1v) is 5.66. The van der Waals surface area contributed by atoms with E-state index >= 15 is 0 Å². The number of carbonyl (C=O) groups is 2. The normalized spacial score (nSPS) is 10.2. The van der Waals surface area contributed by atoms with Crippen LogP contribution in [0.15, 0.2) is 24.3 Å². The SMILES string of the molecule is CC(=O)N(CC(=O)OC(C)C)c1ccc(O)cc1. The Morgan fingerprint density at radius 1 is 1.28 bits per heavy atom. The van der Waals surface area contributed by atoms with E-state index < -0.39 is 5.97 Å². The standard InChI is InChI=1S/C13H17NO4/c1-9(2)18-13(17)8-14(10(3)15)11-4-6-12(16)7-5-11/h4-7,9,16H,8H2,1-3H3. The fourth-order valence-electron chi connectivity index (χ4n) is 1.45. The molecule has 0 radical (unpaired) electrons. The highest BCUT2D eigenvalue weighted by molar-refractivity contribution is 5.96. The first-order chi connectivity index (χ1) is 8.40. The lowest BCUT2D eigenvalue weighted by atomic mass is 10.2. The van der Waals surface area contributed by atoms with Crippen LogP contribution in [0.3, 0.4) is 0 Å². The molecule has 0 saturated carbocycles. The molecule has 0 aromatic heterocycles. The van der Waals surface area contributed by atoms with Crippen molar-refractivity contribution >= 4 is 17.6 Å². The Labute approximate surface area is 106 Å². The van der Waals surface area contributed by atoms with Gasteiger partial charge in [-0.05, 0) is 38.1 Å². The van der Waals surface area contributed by atoms with Crippen molar-refractivity contribution in [2.75, 3.05) is 11.4 Å². The van der Waals surface area contributed by atoms with Gasteiger partial charge in [0.1, 0.15) is 12.3 Å². The molecule has 0 bridgehead atoms. The summed E-state index contributed by atoms with van der Waals surface area (Å²) >= 11 is 0.